The summed E-state index contributed by atoms with van der Waals surface area (Å²) < 4.78 is 27.7. The quantitative estimate of drug-likeness (QED) is 0.572. The zero-order valence-electron chi connectivity index (χ0n) is 17.5. The lowest BCUT2D eigenvalue weighted by Crippen LogP contribution is -2.44. The molecule has 0 spiro atoms. The average molecular weight is 445 g/mol. The number of nitrogens with two attached hydrogens (primary N) is 1. The van der Waals surface area contributed by atoms with Crippen molar-refractivity contribution >= 4 is 27.5 Å². The number of likely N-dealkylation sites (tertiary alicyclic amines) is 1. The number of piperidine rings is 1. The smallest absolute Gasteiger partial charge is 0.250 e. The second-order valence-corrected chi connectivity index (χ2v) is 9.63. The molecule has 0 bridgehead atoms. The number of nitrogens with zero attached hydrogens (tertiary/aromatic N) is 1. The molecule has 1 heterocycles. The van der Waals surface area contributed by atoms with Crippen molar-refractivity contribution in [1.29, 1.82) is 0 Å². The Bertz CT molecular complexity index is 1040. The first kappa shape index (κ1) is 22.9. The number of primary amides is 1. The van der Waals surface area contributed by atoms with Crippen molar-refractivity contribution in [2.75, 3.05) is 31.5 Å². The summed E-state index contributed by atoms with van der Waals surface area (Å²) in [4.78, 5) is 26.2. The molecule has 1 aliphatic rings. The molecule has 0 aromatic heterocycles. The maximum atomic E-state index is 12.5. The number of carbonyl (C=O) groups excluding carboxylic acids is 2. The Kier molecular flexibility index (Phi) is 7.42. The minimum Gasteiger partial charge on any atom is -0.366 e. The normalized spacial score (nSPS) is 17.3. The van der Waals surface area contributed by atoms with Gasteiger partial charge in [-0.2, -0.15) is 0 Å². The monoisotopic (exact) mass is 444 g/mol. The molecule has 2 aromatic rings. The lowest BCUT2D eigenvalue weighted by atomic mass is 9.98. The second kappa shape index (κ2) is 10.0. The van der Waals surface area contributed by atoms with E-state index < -0.39 is 15.9 Å². The lowest BCUT2D eigenvalue weighted by molar-refractivity contribution is -0.117. The van der Waals surface area contributed by atoms with Gasteiger partial charge in [-0.05, 0) is 56.5 Å². The van der Waals surface area contributed by atoms with Gasteiger partial charge in [-0.1, -0.05) is 29.8 Å². The number of para-hydroxylation sites is 1. The molecule has 8 nitrogen and oxygen atoms in total. The number of rotatable bonds is 8. The molecule has 2 amide bonds. The first-order chi connectivity index (χ1) is 14.7. The van der Waals surface area contributed by atoms with Gasteiger partial charge >= 0.3 is 0 Å². The van der Waals surface area contributed by atoms with Gasteiger partial charge in [-0.15, -0.1) is 0 Å². The van der Waals surface area contributed by atoms with Crippen molar-refractivity contribution < 1.29 is 18.0 Å². The molecule has 31 heavy (non-hydrogen) atoms. The standard InChI is InChI=1S/C22H28N4O4S/c1-16-8-10-18(11-9-16)31(29,30)24-13-17-5-4-12-26(14-17)15-21(27)25-20-7-3-2-6-19(20)22(23)28/h2-3,6-11,17,24H,4-5,12-15H2,1H3,(H2,23,28)(H,25,27). The highest BCUT2D eigenvalue weighted by atomic mass is 32.2. The van der Waals surface area contributed by atoms with Crippen molar-refractivity contribution in [3.63, 3.8) is 0 Å². The summed E-state index contributed by atoms with van der Waals surface area (Å²) in [6.07, 6.45) is 1.77. The van der Waals surface area contributed by atoms with E-state index in [2.05, 4.69) is 10.0 Å². The van der Waals surface area contributed by atoms with E-state index >= 15 is 0 Å². The molecule has 3 rings (SSSR count). The molecule has 1 fully saturated rings. The molecular weight excluding hydrogens is 416 g/mol. The van der Waals surface area contributed by atoms with Crippen LogP contribution in [0.25, 0.3) is 0 Å². The topological polar surface area (TPSA) is 122 Å². The van der Waals surface area contributed by atoms with Gasteiger partial charge in [-0.25, -0.2) is 13.1 Å². The molecule has 0 aliphatic carbocycles. The summed E-state index contributed by atoms with van der Waals surface area (Å²) in [5.41, 5.74) is 7.00. The number of carbonyl (C=O) groups is 2. The van der Waals surface area contributed by atoms with Crippen LogP contribution in [0, 0.1) is 12.8 Å². The largest absolute Gasteiger partial charge is 0.366 e. The van der Waals surface area contributed by atoms with Crippen LogP contribution in [0.15, 0.2) is 53.4 Å². The fourth-order valence-electron chi connectivity index (χ4n) is 3.69. The first-order valence-corrected chi connectivity index (χ1v) is 11.7. The summed E-state index contributed by atoms with van der Waals surface area (Å²) in [6, 6.07) is 13.3. The van der Waals surface area contributed by atoms with Crippen LogP contribution in [-0.4, -0.2) is 51.3 Å². The molecule has 9 heteroatoms. The van der Waals surface area contributed by atoms with E-state index in [-0.39, 0.29) is 28.8 Å². The fourth-order valence-corrected chi connectivity index (χ4v) is 4.81. The highest BCUT2D eigenvalue weighted by molar-refractivity contribution is 7.89. The van der Waals surface area contributed by atoms with Crippen molar-refractivity contribution in [2.45, 2.75) is 24.7 Å². The van der Waals surface area contributed by atoms with Crippen molar-refractivity contribution in [3.05, 3.63) is 59.7 Å². The number of hydrogen-bond donors (Lipinski definition) is 3. The van der Waals surface area contributed by atoms with Crippen molar-refractivity contribution in [2.24, 2.45) is 11.7 Å². The molecule has 0 saturated carbocycles. The predicted octanol–water partition coefficient (Wildman–Crippen LogP) is 1.72. The van der Waals surface area contributed by atoms with E-state index in [9.17, 15) is 18.0 Å². The summed E-state index contributed by atoms with van der Waals surface area (Å²) in [6.45, 7) is 3.75. The summed E-state index contributed by atoms with van der Waals surface area (Å²) in [5, 5.41) is 2.74. The zero-order valence-corrected chi connectivity index (χ0v) is 18.3. The van der Waals surface area contributed by atoms with Crippen LogP contribution in [0.5, 0.6) is 0 Å². The second-order valence-electron chi connectivity index (χ2n) is 7.87. The van der Waals surface area contributed by atoms with Gasteiger partial charge in [-0.3, -0.25) is 14.5 Å². The van der Waals surface area contributed by atoms with Gasteiger partial charge in [0.25, 0.3) is 5.91 Å². The number of benzene rings is 2. The van der Waals surface area contributed by atoms with Gasteiger partial charge < -0.3 is 11.1 Å². The van der Waals surface area contributed by atoms with Gasteiger partial charge in [0.2, 0.25) is 15.9 Å². The molecule has 166 valence electrons. The molecule has 1 saturated heterocycles. The van der Waals surface area contributed by atoms with Crippen LogP contribution >= 0.6 is 0 Å². The summed E-state index contributed by atoms with van der Waals surface area (Å²) in [5.74, 6) is -0.732. The average Bonchev–Trinajstić information content (AvgIpc) is 2.73. The Labute approximate surface area is 182 Å². The number of sulfonamides is 1. The molecule has 1 unspecified atom stereocenters. The van der Waals surface area contributed by atoms with Gasteiger partial charge in [0.15, 0.2) is 0 Å². The third-order valence-electron chi connectivity index (χ3n) is 5.33. The lowest BCUT2D eigenvalue weighted by Gasteiger charge is -2.32. The van der Waals surface area contributed by atoms with Crippen molar-refractivity contribution in [3.8, 4) is 0 Å². The van der Waals surface area contributed by atoms with Gasteiger partial charge in [0.1, 0.15) is 0 Å². The summed E-state index contributed by atoms with van der Waals surface area (Å²) in [7, 11) is -3.56. The van der Waals surface area contributed by atoms with Crippen molar-refractivity contribution in [1.82, 2.24) is 9.62 Å². The summed E-state index contributed by atoms with van der Waals surface area (Å²) >= 11 is 0. The maximum absolute atomic E-state index is 12.5. The molecule has 1 atom stereocenters. The number of hydrogen-bond acceptors (Lipinski definition) is 5. The zero-order chi connectivity index (χ0) is 22.4. The number of nitrogens with one attached hydrogen (secondary N) is 2. The Morgan fingerprint density at radius 3 is 2.55 bits per heavy atom. The first-order valence-electron chi connectivity index (χ1n) is 10.2. The Morgan fingerprint density at radius 1 is 1.13 bits per heavy atom. The highest BCUT2D eigenvalue weighted by Gasteiger charge is 2.24. The van der Waals surface area contributed by atoms with Crippen LogP contribution in [0.1, 0.15) is 28.8 Å². The van der Waals surface area contributed by atoms with E-state index in [0.717, 1.165) is 24.9 Å². The molecule has 0 radical (unpaired) electrons. The fraction of sp³-hybridized carbons (Fsp3) is 0.364. The SMILES string of the molecule is Cc1ccc(S(=O)(=O)NCC2CCCN(CC(=O)Nc3ccccc3C(N)=O)C2)cc1. The Balaban J connectivity index is 1.53. The highest BCUT2D eigenvalue weighted by Crippen LogP contribution is 2.18. The van der Waals surface area contributed by atoms with Crippen LogP contribution in [0.3, 0.4) is 0 Å². The van der Waals surface area contributed by atoms with E-state index in [1.165, 1.54) is 0 Å². The Hall–Kier alpha value is -2.75. The third-order valence-corrected chi connectivity index (χ3v) is 6.77. The number of amides is 2. The molecule has 4 N–H and O–H groups in total. The van der Waals surface area contributed by atoms with Crippen LogP contribution in [0.4, 0.5) is 5.69 Å². The minimum atomic E-state index is -3.56. The minimum absolute atomic E-state index is 0.111. The van der Waals surface area contributed by atoms with E-state index in [1.807, 2.05) is 11.8 Å². The van der Waals surface area contributed by atoms with E-state index in [4.69, 9.17) is 5.73 Å². The molecular formula is C22H28N4O4S. The predicted molar refractivity (Wildman–Crippen MR) is 119 cm³/mol. The Morgan fingerprint density at radius 2 is 1.84 bits per heavy atom. The molecule has 2 aromatic carbocycles. The number of anilines is 1. The van der Waals surface area contributed by atoms with Crippen LogP contribution in [0.2, 0.25) is 0 Å². The van der Waals surface area contributed by atoms with E-state index in [0.29, 0.717) is 18.8 Å². The van der Waals surface area contributed by atoms with Crippen LogP contribution in [-0.2, 0) is 14.8 Å². The van der Waals surface area contributed by atoms with E-state index in [1.54, 1.807) is 48.5 Å². The maximum Gasteiger partial charge on any atom is 0.250 e. The number of aryl methyl sites for hydroxylation is 1. The van der Waals surface area contributed by atoms with Gasteiger partial charge in [0.05, 0.1) is 22.7 Å². The molecule has 1 aliphatic heterocycles. The third kappa shape index (κ3) is 6.36. The van der Waals surface area contributed by atoms with Crippen LogP contribution < -0.4 is 15.8 Å². The van der Waals surface area contributed by atoms with Gasteiger partial charge in [0, 0.05) is 13.1 Å².